The number of hydrogen-bond acceptors (Lipinski definition) is 6. The number of nitrogens with one attached hydrogen (secondary N) is 2. The maximum absolute atomic E-state index is 12.4. The topological polar surface area (TPSA) is 63.2 Å². The van der Waals surface area contributed by atoms with Gasteiger partial charge in [-0.25, -0.2) is 4.98 Å². The van der Waals surface area contributed by atoms with Crippen molar-refractivity contribution in [3.8, 4) is 5.75 Å². The van der Waals surface area contributed by atoms with Crippen molar-refractivity contribution in [2.45, 2.75) is 46.5 Å². The van der Waals surface area contributed by atoms with Gasteiger partial charge in [-0.15, -0.1) is 11.3 Å². The second-order valence-corrected chi connectivity index (χ2v) is 8.53. The molecule has 2 fully saturated rings. The highest BCUT2D eigenvalue weighted by Crippen LogP contribution is 2.34. The van der Waals surface area contributed by atoms with Crippen LogP contribution in [0.5, 0.6) is 5.75 Å². The van der Waals surface area contributed by atoms with E-state index in [9.17, 15) is 4.79 Å². The molecular weight excluding hydrogens is 342 g/mol. The smallest absolute Gasteiger partial charge is 0.280 e. The van der Waals surface area contributed by atoms with Gasteiger partial charge < -0.3 is 15.4 Å². The number of benzene rings is 1. The average molecular weight is 361 g/mol. The van der Waals surface area contributed by atoms with Crippen molar-refractivity contribution < 1.29 is 9.53 Å². The number of nitrogens with zero attached hydrogens (tertiary/aromatic N) is 1. The van der Waals surface area contributed by atoms with Crippen LogP contribution in [0, 0.1) is 0 Å². The molecule has 3 heterocycles. The van der Waals surface area contributed by atoms with E-state index in [1.54, 1.807) is 25.1 Å². The van der Waals surface area contributed by atoms with Crippen LogP contribution in [0.4, 0.5) is 0 Å². The number of thiazole rings is 1. The fourth-order valence-corrected chi connectivity index (χ4v) is 5.31. The Kier molecular flexibility index (Phi) is 4.47. The summed E-state index contributed by atoms with van der Waals surface area (Å²) in [4.78, 5) is 17.8. The molecule has 1 aromatic carbocycles. The normalized spacial score (nSPS) is 25.0. The lowest BCUT2D eigenvalue weighted by molar-refractivity contribution is 0.0930. The van der Waals surface area contributed by atoms with E-state index in [0.29, 0.717) is 17.1 Å². The van der Waals surface area contributed by atoms with Crippen molar-refractivity contribution in [3.05, 3.63) is 35.5 Å². The molecule has 2 aliphatic heterocycles. The van der Waals surface area contributed by atoms with E-state index in [-0.39, 0.29) is 11.9 Å². The van der Waals surface area contributed by atoms with Crippen molar-refractivity contribution in [2.75, 3.05) is 7.11 Å². The van der Waals surface area contributed by atoms with E-state index < -0.39 is 0 Å². The number of aromatic nitrogens is 1. The molecule has 7 heteroatoms. The fourth-order valence-electron chi connectivity index (χ4n) is 3.41. The summed E-state index contributed by atoms with van der Waals surface area (Å²) in [5.74, 6) is 0.767. The van der Waals surface area contributed by atoms with Gasteiger partial charge in [0.05, 0.1) is 17.5 Å². The molecule has 3 atom stereocenters. The van der Waals surface area contributed by atoms with Gasteiger partial charge in [-0.05, 0) is 37.5 Å². The van der Waals surface area contributed by atoms with Crippen molar-refractivity contribution in [1.29, 1.82) is 0 Å². The Bertz CT molecular complexity index is 749. The number of hydrogen-bond donors (Lipinski definition) is 2. The van der Waals surface area contributed by atoms with Gasteiger partial charge in [-0.1, -0.05) is 17.8 Å². The number of carbonyl (C=O) groups is 1. The van der Waals surface area contributed by atoms with Gasteiger partial charge in [0.25, 0.3) is 5.91 Å². The van der Waals surface area contributed by atoms with Crippen LogP contribution in [0.2, 0.25) is 0 Å². The molecule has 0 spiro atoms. The monoisotopic (exact) mass is 361 g/mol. The van der Waals surface area contributed by atoms with Crippen molar-refractivity contribution in [2.24, 2.45) is 0 Å². The van der Waals surface area contributed by atoms with Crippen LogP contribution < -0.4 is 15.4 Å². The van der Waals surface area contributed by atoms with Crippen LogP contribution in [0.3, 0.4) is 0 Å². The SMILES string of the molecule is COc1cccc(Sc2cnc(C(=O)NC3CC4CCC3N4)s2)c1. The third kappa shape index (κ3) is 3.29. The summed E-state index contributed by atoms with van der Waals surface area (Å²) in [6, 6.07) is 9.13. The minimum Gasteiger partial charge on any atom is -0.497 e. The Morgan fingerprint density at radius 2 is 2.38 bits per heavy atom. The summed E-state index contributed by atoms with van der Waals surface area (Å²) in [5.41, 5.74) is 0. The summed E-state index contributed by atoms with van der Waals surface area (Å²) < 4.78 is 6.24. The summed E-state index contributed by atoms with van der Waals surface area (Å²) in [7, 11) is 1.66. The first-order valence-corrected chi connectivity index (χ1v) is 9.69. The van der Waals surface area contributed by atoms with E-state index in [1.807, 2.05) is 24.3 Å². The minimum absolute atomic E-state index is 0.0585. The zero-order valence-electron chi connectivity index (χ0n) is 13.3. The van der Waals surface area contributed by atoms with Gasteiger partial charge in [0.1, 0.15) is 5.75 Å². The molecule has 0 saturated carbocycles. The molecule has 1 aromatic heterocycles. The molecule has 2 N–H and O–H groups in total. The third-order valence-corrected chi connectivity index (χ3v) is 6.64. The van der Waals surface area contributed by atoms with Crippen LogP contribution in [0.25, 0.3) is 0 Å². The van der Waals surface area contributed by atoms with Gasteiger partial charge in [0.15, 0.2) is 5.01 Å². The Hall–Kier alpha value is -1.57. The summed E-state index contributed by atoms with van der Waals surface area (Å²) in [6.45, 7) is 0. The lowest BCUT2D eigenvalue weighted by atomic mass is 9.95. The number of ether oxygens (including phenoxy) is 1. The maximum Gasteiger partial charge on any atom is 0.280 e. The second-order valence-electron chi connectivity index (χ2n) is 6.13. The summed E-state index contributed by atoms with van der Waals surface area (Å²) >= 11 is 3.03. The molecule has 126 valence electrons. The summed E-state index contributed by atoms with van der Waals surface area (Å²) in [5, 5.41) is 7.21. The van der Waals surface area contributed by atoms with Gasteiger partial charge >= 0.3 is 0 Å². The van der Waals surface area contributed by atoms with E-state index in [4.69, 9.17) is 4.74 Å². The van der Waals surface area contributed by atoms with Crippen LogP contribution in [-0.2, 0) is 0 Å². The maximum atomic E-state index is 12.4. The highest BCUT2D eigenvalue weighted by atomic mass is 32.2. The lowest BCUT2D eigenvalue weighted by Gasteiger charge is -2.20. The average Bonchev–Trinajstić information content (AvgIpc) is 3.31. The number of amides is 1. The highest BCUT2D eigenvalue weighted by Gasteiger charge is 2.39. The lowest BCUT2D eigenvalue weighted by Crippen LogP contribution is -2.42. The van der Waals surface area contributed by atoms with Gasteiger partial charge in [-0.2, -0.15) is 0 Å². The molecule has 2 aliphatic rings. The van der Waals surface area contributed by atoms with E-state index in [2.05, 4.69) is 15.6 Å². The Labute approximate surface area is 149 Å². The highest BCUT2D eigenvalue weighted by molar-refractivity contribution is 8.01. The third-order valence-electron chi connectivity index (χ3n) is 4.55. The van der Waals surface area contributed by atoms with E-state index >= 15 is 0 Å². The Balaban J connectivity index is 1.39. The van der Waals surface area contributed by atoms with Gasteiger partial charge in [0.2, 0.25) is 0 Å². The largest absolute Gasteiger partial charge is 0.497 e. The quantitative estimate of drug-likeness (QED) is 0.857. The predicted octanol–water partition coefficient (Wildman–Crippen LogP) is 2.93. The van der Waals surface area contributed by atoms with Crippen molar-refractivity contribution in [1.82, 2.24) is 15.6 Å². The zero-order valence-corrected chi connectivity index (χ0v) is 15.0. The first kappa shape index (κ1) is 15.9. The van der Waals surface area contributed by atoms with E-state index in [1.165, 1.54) is 17.8 Å². The van der Waals surface area contributed by atoms with E-state index in [0.717, 1.165) is 27.7 Å². The molecular formula is C17H19N3O2S2. The van der Waals surface area contributed by atoms with Gasteiger partial charge in [0, 0.05) is 23.0 Å². The molecule has 4 rings (SSSR count). The summed E-state index contributed by atoms with van der Waals surface area (Å²) in [6.07, 6.45) is 5.19. The van der Waals surface area contributed by atoms with Gasteiger partial charge in [-0.3, -0.25) is 4.79 Å². The molecule has 3 unspecified atom stereocenters. The number of carbonyl (C=O) groups excluding carboxylic acids is 1. The number of methoxy groups -OCH3 is 1. The minimum atomic E-state index is -0.0585. The zero-order chi connectivity index (χ0) is 16.5. The van der Waals surface area contributed by atoms with Crippen molar-refractivity contribution in [3.63, 3.8) is 0 Å². The van der Waals surface area contributed by atoms with Crippen LogP contribution >= 0.6 is 23.1 Å². The number of fused-ring (bicyclic) bond motifs is 2. The fraction of sp³-hybridized carbons (Fsp3) is 0.412. The molecule has 24 heavy (non-hydrogen) atoms. The first-order valence-electron chi connectivity index (χ1n) is 8.06. The van der Waals surface area contributed by atoms with Crippen LogP contribution in [-0.4, -0.2) is 36.1 Å². The van der Waals surface area contributed by atoms with Crippen LogP contribution in [0.1, 0.15) is 29.1 Å². The molecule has 0 aliphatic carbocycles. The molecule has 1 amide bonds. The number of rotatable bonds is 5. The molecule has 0 radical (unpaired) electrons. The standard InChI is InChI=1S/C17H19N3O2S2/c1-22-11-3-2-4-12(8-11)23-15-9-18-17(24-15)16(21)20-14-7-10-5-6-13(14)19-10/h2-4,8-10,13-14,19H,5-7H2,1H3,(H,20,21). The Morgan fingerprint density at radius 3 is 3.12 bits per heavy atom. The molecule has 2 saturated heterocycles. The predicted molar refractivity (Wildman–Crippen MR) is 95.0 cm³/mol. The molecule has 5 nitrogen and oxygen atoms in total. The Morgan fingerprint density at radius 1 is 1.46 bits per heavy atom. The van der Waals surface area contributed by atoms with Crippen molar-refractivity contribution >= 4 is 29.0 Å². The molecule has 2 bridgehead atoms. The first-order chi connectivity index (χ1) is 11.7. The second kappa shape index (κ2) is 6.74. The van der Waals surface area contributed by atoms with Crippen LogP contribution in [0.15, 0.2) is 39.6 Å². The molecule has 2 aromatic rings.